The first-order valence-corrected chi connectivity index (χ1v) is 12.1. The molecule has 5 N–H and O–H groups in total. The van der Waals surface area contributed by atoms with E-state index in [2.05, 4.69) is 107 Å². The number of carboxylic acid groups (broad SMARTS) is 2. The number of fused-ring (bicyclic) bond motifs is 1. The van der Waals surface area contributed by atoms with E-state index < -0.39 is 11.9 Å². The maximum absolute atomic E-state index is 9.10. The number of aliphatic carboxylic acids is 2. The second-order valence-corrected chi connectivity index (χ2v) is 8.94. The van der Waals surface area contributed by atoms with Crippen LogP contribution in [0.15, 0.2) is 91.1 Å². The number of rotatable bonds is 6. The van der Waals surface area contributed by atoms with E-state index in [1.54, 1.807) is 0 Å². The summed E-state index contributed by atoms with van der Waals surface area (Å²) in [5.74, 6) is -3.26. The molecule has 0 amide bonds. The molecule has 3 aromatic carbocycles. The van der Waals surface area contributed by atoms with Gasteiger partial charge in [-0.05, 0) is 35.6 Å². The van der Waals surface area contributed by atoms with Crippen molar-refractivity contribution in [2.45, 2.75) is 37.4 Å². The zero-order valence-electron chi connectivity index (χ0n) is 19.9. The highest BCUT2D eigenvalue weighted by molar-refractivity contribution is 6.27. The Morgan fingerprint density at radius 3 is 1.97 bits per heavy atom. The topological polar surface area (TPSA) is 114 Å². The molecule has 0 aliphatic carbocycles. The summed E-state index contributed by atoms with van der Waals surface area (Å²) in [6, 6.07) is 31.4. The number of para-hydroxylation sites is 1. The van der Waals surface area contributed by atoms with Crippen LogP contribution in [0.4, 0.5) is 0 Å². The van der Waals surface area contributed by atoms with Gasteiger partial charge in [-0.1, -0.05) is 78.9 Å². The Morgan fingerprint density at radius 2 is 1.42 bits per heavy atom. The normalized spacial score (nSPS) is 17.4. The third-order valence-corrected chi connectivity index (χ3v) is 6.61. The number of H-pyrrole nitrogens is 1. The Balaban J connectivity index is 0.000000455. The van der Waals surface area contributed by atoms with Crippen molar-refractivity contribution >= 4 is 22.8 Å². The zero-order chi connectivity index (χ0) is 25.3. The van der Waals surface area contributed by atoms with Crippen molar-refractivity contribution in [2.24, 2.45) is 0 Å². The van der Waals surface area contributed by atoms with Crippen molar-refractivity contribution in [3.63, 3.8) is 0 Å². The smallest absolute Gasteiger partial charge is 0.414 e. The number of nitrogens with one attached hydrogen (secondary N) is 3. The maximum atomic E-state index is 9.10. The quantitative estimate of drug-likeness (QED) is 0.259. The molecule has 1 saturated heterocycles. The van der Waals surface area contributed by atoms with E-state index in [9.17, 15) is 0 Å². The molecule has 0 spiro atoms. The monoisotopic (exact) mass is 485 g/mol. The largest absolute Gasteiger partial charge is 0.473 e. The fourth-order valence-electron chi connectivity index (χ4n) is 4.85. The molecular weight excluding hydrogens is 454 g/mol. The molecule has 186 valence electrons. The minimum absolute atomic E-state index is 0.391. The first kappa shape index (κ1) is 25.2. The molecule has 36 heavy (non-hydrogen) atoms. The number of hydrogen-bond acceptors (Lipinski definition) is 4. The van der Waals surface area contributed by atoms with Crippen molar-refractivity contribution in [1.82, 2.24) is 15.6 Å². The SMILES string of the molecule is O=C(O)C(=O)O.c1ccc(C(c2ccccc2)[C@H]2CC[C@@H](NCc3c[nH]c4ccccc34)CN2)cc1. The summed E-state index contributed by atoms with van der Waals surface area (Å²) in [5.41, 5.74) is 5.35. The average Bonchev–Trinajstić information content (AvgIpc) is 3.33. The number of aromatic nitrogens is 1. The van der Waals surface area contributed by atoms with Crippen LogP contribution in [0, 0.1) is 0 Å². The molecule has 0 radical (unpaired) electrons. The first-order valence-electron chi connectivity index (χ1n) is 12.1. The van der Waals surface area contributed by atoms with Gasteiger partial charge in [0, 0.05) is 48.2 Å². The van der Waals surface area contributed by atoms with Gasteiger partial charge < -0.3 is 25.8 Å². The van der Waals surface area contributed by atoms with Gasteiger partial charge in [0.05, 0.1) is 0 Å². The molecule has 2 atom stereocenters. The van der Waals surface area contributed by atoms with Crippen LogP contribution >= 0.6 is 0 Å². The molecule has 4 aromatic rings. The minimum Gasteiger partial charge on any atom is -0.473 e. The van der Waals surface area contributed by atoms with Crippen LogP contribution in [-0.2, 0) is 16.1 Å². The molecule has 1 aliphatic heterocycles. The Labute approximate surface area is 210 Å². The van der Waals surface area contributed by atoms with E-state index in [-0.39, 0.29) is 0 Å². The van der Waals surface area contributed by atoms with Gasteiger partial charge in [-0.3, -0.25) is 0 Å². The molecule has 1 fully saturated rings. The van der Waals surface area contributed by atoms with Crippen LogP contribution < -0.4 is 10.6 Å². The van der Waals surface area contributed by atoms with Gasteiger partial charge in [-0.15, -0.1) is 0 Å². The van der Waals surface area contributed by atoms with Crippen molar-refractivity contribution < 1.29 is 19.8 Å². The molecule has 5 rings (SSSR count). The Kier molecular flexibility index (Phi) is 8.49. The van der Waals surface area contributed by atoms with E-state index >= 15 is 0 Å². The predicted octanol–water partition coefficient (Wildman–Crippen LogP) is 4.37. The number of carboxylic acids is 2. The summed E-state index contributed by atoms with van der Waals surface area (Å²) in [6.07, 6.45) is 4.49. The summed E-state index contributed by atoms with van der Waals surface area (Å²) in [6.45, 7) is 1.91. The van der Waals surface area contributed by atoms with Gasteiger partial charge in [-0.25, -0.2) is 9.59 Å². The molecule has 0 bridgehead atoms. The average molecular weight is 486 g/mol. The first-order chi connectivity index (χ1) is 17.5. The van der Waals surface area contributed by atoms with Crippen LogP contribution in [0.1, 0.15) is 35.4 Å². The van der Waals surface area contributed by atoms with Crippen molar-refractivity contribution in [3.8, 4) is 0 Å². The summed E-state index contributed by atoms with van der Waals surface area (Å²) in [7, 11) is 0. The lowest BCUT2D eigenvalue weighted by Gasteiger charge is -2.36. The number of hydrogen-bond donors (Lipinski definition) is 5. The maximum Gasteiger partial charge on any atom is 0.414 e. The standard InChI is InChI=1S/C27H29N3.C2H2O4/c1-3-9-20(10-4-1)27(21-11-5-2-6-12-21)26-16-15-23(19-30-26)28-17-22-18-29-25-14-8-7-13-24(22)25;3-1(4)2(5)6/h1-14,18,23,26-30H,15-17,19H2;(H,3,4)(H,5,6)/t23-,26-;/m1./s1. The summed E-state index contributed by atoms with van der Waals surface area (Å²) < 4.78 is 0. The van der Waals surface area contributed by atoms with Crippen LogP contribution in [-0.4, -0.2) is 45.8 Å². The lowest BCUT2D eigenvalue weighted by atomic mass is 9.81. The van der Waals surface area contributed by atoms with E-state index in [0.29, 0.717) is 18.0 Å². The van der Waals surface area contributed by atoms with Gasteiger partial charge in [0.1, 0.15) is 0 Å². The molecule has 7 heteroatoms. The summed E-state index contributed by atoms with van der Waals surface area (Å²) >= 11 is 0. The highest BCUT2D eigenvalue weighted by Crippen LogP contribution is 2.32. The second kappa shape index (κ2) is 12.2. The fourth-order valence-corrected chi connectivity index (χ4v) is 4.85. The van der Waals surface area contributed by atoms with Gasteiger partial charge >= 0.3 is 11.9 Å². The van der Waals surface area contributed by atoms with Crippen LogP contribution in [0.3, 0.4) is 0 Å². The summed E-state index contributed by atoms with van der Waals surface area (Å²) in [4.78, 5) is 21.6. The molecule has 1 aromatic heterocycles. The van der Waals surface area contributed by atoms with Crippen LogP contribution in [0.5, 0.6) is 0 Å². The third-order valence-electron chi connectivity index (χ3n) is 6.61. The molecule has 1 aliphatic rings. The minimum atomic E-state index is -1.82. The molecule has 2 heterocycles. The Hall–Kier alpha value is -3.94. The van der Waals surface area contributed by atoms with Gasteiger partial charge in [0.15, 0.2) is 0 Å². The highest BCUT2D eigenvalue weighted by Gasteiger charge is 2.29. The van der Waals surface area contributed by atoms with Crippen molar-refractivity contribution in [1.29, 1.82) is 0 Å². The van der Waals surface area contributed by atoms with E-state index in [1.807, 2.05) is 0 Å². The molecular formula is C29H31N3O4. The fraction of sp³-hybridized carbons (Fsp3) is 0.241. The predicted molar refractivity (Wildman–Crippen MR) is 140 cm³/mol. The lowest BCUT2D eigenvalue weighted by Crippen LogP contribution is -2.49. The summed E-state index contributed by atoms with van der Waals surface area (Å²) in [5, 5.41) is 23.7. The van der Waals surface area contributed by atoms with E-state index in [0.717, 1.165) is 13.1 Å². The van der Waals surface area contributed by atoms with Gasteiger partial charge in [-0.2, -0.15) is 0 Å². The molecule has 7 nitrogen and oxygen atoms in total. The molecule has 0 unspecified atom stereocenters. The van der Waals surface area contributed by atoms with Crippen molar-refractivity contribution in [3.05, 3.63) is 108 Å². The number of benzene rings is 3. The van der Waals surface area contributed by atoms with Crippen LogP contribution in [0.2, 0.25) is 0 Å². The van der Waals surface area contributed by atoms with Gasteiger partial charge in [0.2, 0.25) is 0 Å². The van der Waals surface area contributed by atoms with Crippen LogP contribution in [0.25, 0.3) is 10.9 Å². The Bertz CT molecular complexity index is 1210. The zero-order valence-corrected chi connectivity index (χ0v) is 19.9. The molecule has 0 saturated carbocycles. The highest BCUT2D eigenvalue weighted by atomic mass is 16.4. The second-order valence-electron chi connectivity index (χ2n) is 8.94. The number of aromatic amines is 1. The number of piperidine rings is 1. The van der Waals surface area contributed by atoms with Gasteiger partial charge in [0.25, 0.3) is 0 Å². The van der Waals surface area contributed by atoms with E-state index in [4.69, 9.17) is 19.8 Å². The van der Waals surface area contributed by atoms with Crippen molar-refractivity contribution in [2.75, 3.05) is 6.54 Å². The Morgan fingerprint density at radius 1 is 0.833 bits per heavy atom. The third kappa shape index (κ3) is 6.38. The lowest BCUT2D eigenvalue weighted by molar-refractivity contribution is -0.159. The number of carbonyl (C=O) groups is 2. The van der Waals surface area contributed by atoms with E-state index in [1.165, 1.54) is 40.4 Å².